The first-order valence-corrected chi connectivity index (χ1v) is 12.9. The van der Waals surface area contributed by atoms with E-state index >= 15 is 0 Å². The highest BCUT2D eigenvalue weighted by molar-refractivity contribution is 7.99. The smallest absolute Gasteiger partial charge is 0.228 e. The standard InChI is InChI=1S/C25H30N6O3S/c1-16-7-9-29(10-8-16)24-26-27-25(30(24)14-20-6-5-11-33-20)35-15-22(32)21-12-17(2)31(19(21)4)23-13-18(3)34-28-23/h5-6,11-13,16H,7-10,14-15H2,1-4H3. The molecule has 0 atom stereocenters. The Balaban J connectivity index is 1.36. The third-order valence-electron chi connectivity index (χ3n) is 6.57. The highest BCUT2D eigenvalue weighted by Gasteiger charge is 2.25. The molecule has 5 rings (SSSR count). The van der Waals surface area contributed by atoms with Crippen molar-refractivity contribution < 1.29 is 13.7 Å². The van der Waals surface area contributed by atoms with Crippen molar-refractivity contribution in [1.82, 2.24) is 24.5 Å². The Bertz CT molecular complexity index is 1310. The van der Waals surface area contributed by atoms with Crippen LogP contribution in [0.25, 0.3) is 5.82 Å². The minimum atomic E-state index is 0.0375. The van der Waals surface area contributed by atoms with Crippen LogP contribution in [-0.2, 0) is 6.54 Å². The molecule has 0 unspecified atom stereocenters. The largest absolute Gasteiger partial charge is 0.467 e. The SMILES string of the molecule is Cc1cc(-n2c(C)cc(C(=O)CSc3nnc(N4CCC(C)CC4)n3Cc3ccco3)c2C)no1. The minimum absolute atomic E-state index is 0.0375. The Kier molecular flexibility index (Phi) is 6.55. The summed E-state index contributed by atoms with van der Waals surface area (Å²) in [6, 6.07) is 7.60. The van der Waals surface area contributed by atoms with Crippen LogP contribution < -0.4 is 4.90 Å². The van der Waals surface area contributed by atoms with Gasteiger partial charge in [-0.25, -0.2) is 0 Å². The zero-order valence-corrected chi connectivity index (χ0v) is 21.3. The van der Waals surface area contributed by atoms with Crippen molar-refractivity contribution in [2.75, 3.05) is 23.7 Å². The fourth-order valence-electron chi connectivity index (χ4n) is 4.59. The van der Waals surface area contributed by atoms with E-state index in [1.807, 2.05) is 49.6 Å². The van der Waals surface area contributed by atoms with Crippen LogP contribution in [0, 0.1) is 26.7 Å². The molecule has 1 saturated heterocycles. The Hall–Kier alpha value is -3.27. The molecule has 9 nitrogen and oxygen atoms in total. The molecule has 10 heteroatoms. The van der Waals surface area contributed by atoms with Gasteiger partial charge in [0, 0.05) is 36.1 Å². The molecule has 0 radical (unpaired) electrons. The summed E-state index contributed by atoms with van der Waals surface area (Å²) in [6.45, 7) is 10.5. The predicted octanol–water partition coefficient (Wildman–Crippen LogP) is 4.83. The van der Waals surface area contributed by atoms with E-state index in [4.69, 9.17) is 8.94 Å². The zero-order chi connectivity index (χ0) is 24.5. The van der Waals surface area contributed by atoms with Gasteiger partial charge in [0.1, 0.15) is 11.5 Å². The second-order valence-electron chi connectivity index (χ2n) is 9.25. The number of furan rings is 1. The number of aromatic nitrogens is 5. The number of hydrogen-bond donors (Lipinski definition) is 0. The number of rotatable bonds is 8. The maximum Gasteiger partial charge on any atom is 0.228 e. The van der Waals surface area contributed by atoms with Crippen LogP contribution in [0.4, 0.5) is 5.95 Å². The van der Waals surface area contributed by atoms with E-state index in [0.717, 1.165) is 60.7 Å². The number of anilines is 1. The van der Waals surface area contributed by atoms with Crippen LogP contribution in [0.5, 0.6) is 0 Å². The maximum absolute atomic E-state index is 13.2. The van der Waals surface area contributed by atoms with Crippen LogP contribution in [0.15, 0.2) is 44.6 Å². The number of nitrogens with zero attached hydrogens (tertiary/aromatic N) is 6. The van der Waals surface area contributed by atoms with E-state index in [9.17, 15) is 4.79 Å². The molecule has 35 heavy (non-hydrogen) atoms. The van der Waals surface area contributed by atoms with Crippen molar-refractivity contribution in [3.05, 3.63) is 59.0 Å². The molecule has 0 aliphatic carbocycles. The lowest BCUT2D eigenvalue weighted by Crippen LogP contribution is -2.35. The second-order valence-corrected chi connectivity index (χ2v) is 10.2. The molecule has 0 saturated carbocycles. The number of thioether (sulfide) groups is 1. The molecule has 1 aliphatic rings. The van der Waals surface area contributed by atoms with Gasteiger partial charge in [-0.3, -0.25) is 13.9 Å². The minimum Gasteiger partial charge on any atom is -0.467 e. The summed E-state index contributed by atoms with van der Waals surface area (Å²) < 4.78 is 14.8. The van der Waals surface area contributed by atoms with E-state index in [2.05, 4.69) is 31.7 Å². The molecule has 0 N–H and O–H groups in total. The lowest BCUT2D eigenvalue weighted by atomic mass is 10.00. The molecule has 1 fully saturated rings. The number of carbonyl (C=O) groups excluding carboxylic acids is 1. The third-order valence-corrected chi connectivity index (χ3v) is 7.53. The van der Waals surface area contributed by atoms with E-state index in [1.54, 1.807) is 6.26 Å². The Morgan fingerprint density at radius 3 is 2.66 bits per heavy atom. The average Bonchev–Trinajstić information content (AvgIpc) is 3.63. The van der Waals surface area contributed by atoms with Crippen LogP contribution in [0.1, 0.15) is 53.0 Å². The van der Waals surface area contributed by atoms with Crippen molar-refractivity contribution in [2.24, 2.45) is 5.92 Å². The number of hydrogen-bond acceptors (Lipinski definition) is 8. The molecular weight excluding hydrogens is 464 g/mol. The molecule has 0 bridgehead atoms. The van der Waals surface area contributed by atoms with Crippen molar-refractivity contribution >= 4 is 23.5 Å². The summed E-state index contributed by atoms with van der Waals surface area (Å²) in [5.41, 5.74) is 2.46. The average molecular weight is 495 g/mol. The molecular formula is C25H30N6O3S. The molecule has 5 heterocycles. The van der Waals surface area contributed by atoms with Gasteiger partial charge in [-0.2, -0.15) is 0 Å². The molecule has 184 valence electrons. The zero-order valence-electron chi connectivity index (χ0n) is 20.5. The fourth-order valence-corrected chi connectivity index (χ4v) is 5.41. The van der Waals surface area contributed by atoms with Gasteiger partial charge in [-0.05, 0) is 57.7 Å². The van der Waals surface area contributed by atoms with Crippen molar-refractivity contribution in [1.29, 1.82) is 0 Å². The topological polar surface area (TPSA) is 95.1 Å². The second kappa shape index (κ2) is 9.77. The van der Waals surface area contributed by atoms with Gasteiger partial charge < -0.3 is 13.8 Å². The van der Waals surface area contributed by atoms with E-state index in [0.29, 0.717) is 23.1 Å². The first-order valence-electron chi connectivity index (χ1n) is 11.9. The first kappa shape index (κ1) is 23.5. The van der Waals surface area contributed by atoms with Crippen molar-refractivity contribution in [3.8, 4) is 5.82 Å². The predicted molar refractivity (Wildman–Crippen MR) is 134 cm³/mol. The first-order chi connectivity index (χ1) is 16.9. The van der Waals surface area contributed by atoms with E-state index in [1.165, 1.54) is 11.8 Å². The van der Waals surface area contributed by atoms with Gasteiger partial charge in [0.25, 0.3) is 0 Å². The van der Waals surface area contributed by atoms with Gasteiger partial charge in [0.15, 0.2) is 16.8 Å². The summed E-state index contributed by atoms with van der Waals surface area (Å²) in [5, 5.41) is 13.8. The summed E-state index contributed by atoms with van der Waals surface area (Å²) in [6.07, 6.45) is 3.94. The Morgan fingerprint density at radius 1 is 1.17 bits per heavy atom. The van der Waals surface area contributed by atoms with E-state index < -0.39 is 0 Å². The number of piperidine rings is 1. The monoisotopic (exact) mass is 494 g/mol. The number of carbonyl (C=O) groups is 1. The van der Waals surface area contributed by atoms with Crippen LogP contribution in [-0.4, -0.2) is 49.1 Å². The lowest BCUT2D eigenvalue weighted by Gasteiger charge is -2.31. The number of ketones is 1. The molecule has 4 aromatic rings. The number of Topliss-reactive ketones (excluding diaryl/α,β-unsaturated/α-hetero) is 1. The Labute approximate surface area is 208 Å². The van der Waals surface area contributed by atoms with Gasteiger partial charge in [0.2, 0.25) is 5.95 Å². The molecule has 0 amide bonds. The summed E-state index contributed by atoms with van der Waals surface area (Å²) >= 11 is 1.41. The van der Waals surface area contributed by atoms with Crippen LogP contribution in [0.2, 0.25) is 0 Å². The van der Waals surface area contributed by atoms with Gasteiger partial charge >= 0.3 is 0 Å². The van der Waals surface area contributed by atoms with Gasteiger partial charge in [0.05, 0.1) is 18.6 Å². The van der Waals surface area contributed by atoms with E-state index in [-0.39, 0.29) is 11.5 Å². The van der Waals surface area contributed by atoms with Crippen molar-refractivity contribution in [3.63, 3.8) is 0 Å². The molecule has 0 aromatic carbocycles. The normalized spacial score (nSPS) is 14.7. The Morgan fingerprint density at radius 2 is 1.97 bits per heavy atom. The van der Waals surface area contributed by atoms with Gasteiger partial charge in [-0.1, -0.05) is 23.8 Å². The third kappa shape index (κ3) is 4.80. The summed E-state index contributed by atoms with van der Waals surface area (Å²) in [5.74, 6) is 4.09. The molecule has 4 aromatic heterocycles. The summed E-state index contributed by atoms with van der Waals surface area (Å²) in [4.78, 5) is 15.5. The maximum atomic E-state index is 13.2. The highest BCUT2D eigenvalue weighted by Crippen LogP contribution is 2.28. The van der Waals surface area contributed by atoms with Crippen LogP contribution in [0.3, 0.4) is 0 Å². The quantitative estimate of drug-likeness (QED) is 0.254. The van der Waals surface area contributed by atoms with Crippen molar-refractivity contribution in [2.45, 2.75) is 52.2 Å². The fraction of sp³-hybridized carbons (Fsp3) is 0.440. The lowest BCUT2D eigenvalue weighted by molar-refractivity contribution is 0.102. The highest BCUT2D eigenvalue weighted by atomic mass is 32.2. The molecule has 1 aliphatic heterocycles. The number of aryl methyl sites for hydroxylation is 2. The van der Waals surface area contributed by atoms with Crippen LogP contribution >= 0.6 is 11.8 Å². The van der Waals surface area contributed by atoms with Gasteiger partial charge in [-0.15, -0.1) is 10.2 Å². The molecule has 0 spiro atoms. The summed E-state index contributed by atoms with van der Waals surface area (Å²) in [7, 11) is 0.